The summed E-state index contributed by atoms with van der Waals surface area (Å²) in [7, 11) is -2.98. The molecule has 1 N–H and O–H groups in total. The Labute approximate surface area is 327 Å². The average Bonchev–Trinajstić information content (AvgIpc) is 3.40. The van der Waals surface area contributed by atoms with Crippen molar-refractivity contribution in [2.75, 3.05) is 39.0 Å². The first-order chi connectivity index (χ1) is 25.3. The van der Waals surface area contributed by atoms with Crippen LogP contribution in [0.4, 0.5) is 0 Å². The van der Waals surface area contributed by atoms with Crippen LogP contribution >= 0.6 is 0 Å². The molecule has 1 heterocycles. The molecule has 7 aliphatic rings. The summed E-state index contributed by atoms with van der Waals surface area (Å²) in [5.41, 5.74) is 5.99. The smallest absolute Gasteiger partial charge is 0.309 e. The molecule has 0 radical (unpaired) electrons. The number of fused-ring (bicyclic) bond motifs is 7. The molecule has 4 fully saturated rings. The van der Waals surface area contributed by atoms with Gasteiger partial charge < -0.3 is 15.0 Å². The molecule has 6 aliphatic carbocycles. The molecule has 0 bridgehead atoms. The molecule has 54 heavy (non-hydrogen) atoms. The normalized spacial score (nSPS) is 40.0. The minimum atomic E-state index is -2.98. The van der Waals surface area contributed by atoms with Gasteiger partial charge in [-0.05, 0) is 165 Å². The van der Waals surface area contributed by atoms with Crippen LogP contribution in [0.5, 0.6) is 0 Å². The maximum absolute atomic E-state index is 14.1. The van der Waals surface area contributed by atoms with Crippen molar-refractivity contribution in [3.63, 3.8) is 0 Å². The van der Waals surface area contributed by atoms with Crippen LogP contribution < -0.4 is 5.32 Å². The summed E-state index contributed by atoms with van der Waals surface area (Å²) in [4.78, 5) is 29.0. The van der Waals surface area contributed by atoms with E-state index in [9.17, 15) is 18.0 Å². The van der Waals surface area contributed by atoms with Gasteiger partial charge in [0.15, 0.2) is 5.78 Å². The first kappa shape index (κ1) is 40.4. The average molecular weight is 765 g/mol. The van der Waals surface area contributed by atoms with Crippen molar-refractivity contribution >= 4 is 21.6 Å². The van der Waals surface area contributed by atoms with E-state index in [0.717, 1.165) is 89.5 Å². The Kier molecular flexibility index (Phi) is 10.7. The summed E-state index contributed by atoms with van der Waals surface area (Å²) >= 11 is 0. The van der Waals surface area contributed by atoms with Crippen LogP contribution in [0.3, 0.4) is 0 Å². The first-order valence-electron chi connectivity index (χ1n) is 21.8. The molecule has 3 saturated carbocycles. The second-order valence-electron chi connectivity index (χ2n) is 20.6. The number of hydrogen-bond donors (Lipinski definition) is 1. The van der Waals surface area contributed by atoms with Crippen LogP contribution in [-0.2, 0) is 24.2 Å². The van der Waals surface area contributed by atoms with Gasteiger partial charge in [0.1, 0.15) is 9.84 Å². The molecule has 0 amide bonds. The van der Waals surface area contributed by atoms with E-state index in [-0.39, 0.29) is 50.3 Å². The molecule has 7 rings (SSSR count). The van der Waals surface area contributed by atoms with E-state index in [1.54, 1.807) is 5.57 Å². The van der Waals surface area contributed by atoms with Crippen molar-refractivity contribution in [2.24, 2.45) is 51.2 Å². The molecule has 1 aliphatic heterocycles. The fourth-order valence-corrected chi connectivity index (χ4v) is 15.6. The van der Waals surface area contributed by atoms with E-state index >= 15 is 0 Å². The molecule has 8 heteroatoms. The lowest BCUT2D eigenvalue weighted by molar-refractivity contribution is -0.196. The number of sulfone groups is 1. The Morgan fingerprint density at radius 3 is 2.30 bits per heavy atom. The lowest BCUT2D eigenvalue weighted by atomic mass is 9.33. The summed E-state index contributed by atoms with van der Waals surface area (Å²) in [6, 6.07) is 0. The Hall–Kier alpha value is -1.77. The molecule has 0 aromatic rings. The number of esters is 1. The van der Waals surface area contributed by atoms with E-state index in [2.05, 4.69) is 70.8 Å². The number of ether oxygens (including phenoxy) is 1. The van der Waals surface area contributed by atoms with Crippen LogP contribution in [0.15, 0.2) is 34.4 Å². The lowest BCUT2D eigenvalue weighted by Crippen LogP contribution is -2.66. The number of Topliss-reactive ketones (excluding diaryl/α,β-unsaturated/α-hetero) is 1. The van der Waals surface area contributed by atoms with Gasteiger partial charge in [-0.25, -0.2) is 8.42 Å². The van der Waals surface area contributed by atoms with E-state index in [4.69, 9.17) is 4.74 Å². The van der Waals surface area contributed by atoms with Crippen molar-refractivity contribution in [1.82, 2.24) is 10.2 Å². The molecular weight excluding hydrogens is 693 g/mol. The standard InChI is InChI=1S/C46H72N2O5S/c1-10-53-41(50)32-13-11-31(12-14-32)34-17-21-43(6)37(42(34,4)5)18-22-45(8)38(43)16-15-35-40-39(30(2)3)36(49)29-46(40,24-23-44(35,45)7)47-25-28-48-26-19-33(20-27-48)54(9,51)52/h11,17,30,32-33,35,37-38,47H,10,12-16,18-29H2,1-9H3/t32?,35-,37+,38-,43+,44-,45-,46-/m1/s1. The number of likely N-dealkylation sites (tertiary alicyclic amines) is 1. The number of nitrogens with one attached hydrogen (secondary N) is 1. The van der Waals surface area contributed by atoms with Gasteiger partial charge in [-0.1, -0.05) is 60.6 Å². The van der Waals surface area contributed by atoms with Gasteiger partial charge in [-0.3, -0.25) is 9.59 Å². The maximum atomic E-state index is 14.1. The molecule has 7 nitrogen and oxygen atoms in total. The van der Waals surface area contributed by atoms with Gasteiger partial charge in [0, 0.05) is 31.3 Å². The maximum Gasteiger partial charge on any atom is 0.309 e. The third-order valence-corrected chi connectivity index (χ3v) is 19.1. The SMILES string of the molecule is CCOC(=O)C1CC=C(C2=CC[C@]3(C)[C@H]4CC[C@@H]5C6=C(C(C)C)C(=O)C[C@]6(NCCN6CCC(S(C)(=O)=O)CC6)CC[C@@]5(C)[C@]4(C)CC[C@H]3C2(C)C)CC1. The number of carbonyl (C=O) groups excluding carboxylic acids is 2. The van der Waals surface area contributed by atoms with E-state index < -0.39 is 9.84 Å². The second-order valence-corrected chi connectivity index (χ2v) is 22.9. The number of piperidine rings is 1. The largest absolute Gasteiger partial charge is 0.466 e. The predicted molar refractivity (Wildman–Crippen MR) is 218 cm³/mol. The summed E-state index contributed by atoms with van der Waals surface area (Å²) in [5, 5.41) is 3.86. The summed E-state index contributed by atoms with van der Waals surface area (Å²) in [6.45, 7) is 23.2. The number of ketones is 1. The number of allylic oxidation sites excluding steroid dienone is 5. The number of nitrogens with zero attached hydrogens (tertiary/aromatic N) is 1. The topological polar surface area (TPSA) is 92.8 Å². The van der Waals surface area contributed by atoms with Crippen molar-refractivity contribution < 1.29 is 22.7 Å². The van der Waals surface area contributed by atoms with E-state index in [1.807, 2.05) is 6.92 Å². The lowest BCUT2D eigenvalue weighted by Gasteiger charge is -2.71. The quantitative estimate of drug-likeness (QED) is 0.235. The predicted octanol–water partition coefficient (Wildman–Crippen LogP) is 8.64. The van der Waals surface area contributed by atoms with Gasteiger partial charge in [0.05, 0.1) is 17.8 Å². The molecule has 0 aromatic carbocycles. The zero-order valence-electron chi connectivity index (χ0n) is 35.2. The Morgan fingerprint density at radius 2 is 1.67 bits per heavy atom. The highest BCUT2D eigenvalue weighted by Crippen LogP contribution is 2.76. The minimum Gasteiger partial charge on any atom is -0.466 e. The zero-order chi connectivity index (χ0) is 39.1. The summed E-state index contributed by atoms with van der Waals surface area (Å²) < 4.78 is 29.7. The number of hydrogen-bond acceptors (Lipinski definition) is 7. The molecule has 0 aromatic heterocycles. The Bertz CT molecular complexity index is 1720. The Morgan fingerprint density at radius 1 is 0.944 bits per heavy atom. The highest BCUT2D eigenvalue weighted by molar-refractivity contribution is 7.91. The minimum absolute atomic E-state index is 0.00462. The van der Waals surface area contributed by atoms with Crippen LogP contribution in [-0.4, -0.2) is 74.9 Å². The summed E-state index contributed by atoms with van der Waals surface area (Å²) in [5.74, 6) is 2.20. The van der Waals surface area contributed by atoms with Gasteiger partial charge >= 0.3 is 5.97 Å². The van der Waals surface area contributed by atoms with Gasteiger partial charge in [-0.15, -0.1) is 0 Å². The second kappa shape index (κ2) is 14.3. The third-order valence-electron chi connectivity index (χ3n) is 17.4. The first-order valence-corrected chi connectivity index (χ1v) is 23.8. The highest BCUT2D eigenvalue weighted by atomic mass is 32.2. The van der Waals surface area contributed by atoms with Crippen molar-refractivity contribution in [2.45, 2.75) is 150 Å². The fourth-order valence-electron chi connectivity index (χ4n) is 14.5. The molecule has 302 valence electrons. The van der Waals surface area contributed by atoms with Crippen LogP contribution in [0.25, 0.3) is 0 Å². The van der Waals surface area contributed by atoms with Crippen LogP contribution in [0, 0.1) is 51.2 Å². The monoisotopic (exact) mass is 765 g/mol. The van der Waals surface area contributed by atoms with Crippen molar-refractivity contribution in [3.05, 3.63) is 34.4 Å². The molecule has 8 atom stereocenters. The molecule has 1 unspecified atom stereocenters. The van der Waals surface area contributed by atoms with Crippen LogP contribution in [0.1, 0.15) is 139 Å². The third kappa shape index (κ3) is 6.37. The van der Waals surface area contributed by atoms with Crippen molar-refractivity contribution in [3.8, 4) is 0 Å². The highest BCUT2D eigenvalue weighted by Gasteiger charge is 2.69. The van der Waals surface area contributed by atoms with E-state index in [1.165, 1.54) is 36.7 Å². The van der Waals surface area contributed by atoms with Gasteiger partial charge in [0.25, 0.3) is 0 Å². The van der Waals surface area contributed by atoms with Gasteiger partial charge in [0.2, 0.25) is 0 Å². The number of rotatable bonds is 9. The fraction of sp³-hybridized carbons (Fsp3) is 0.826. The Balaban J connectivity index is 1.12. The van der Waals surface area contributed by atoms with Crippen molar-refractivity contribution in [1.29, 1.82) is 0 Å². The van der Waals surface area contributed by atoms with E-state index in [0.29, 0.717) is 36.6 Å². The van der Waals surface area contributed by atoms with Gasteiger partial charge in [-0.2, -0.15) is 0 Å². The summed E-state index contributed by atoms with van der Waals surface area (Å²) in [6.07, 6.45) is 19.2. The molecular formula is C46H72N2O5S. The van der Waals surface area contributed by atoms with Crippen LogP contribution in [0.2, 0.25) is 0 Å². The number of carbonyl (C=O) groups is 2. The zero-order valence-corrected chi connectivity index (χ0v) is 36.1. The molecule has 1 saturated heterocycles. The molecule has 0 spiro atoms.